The van der Waals surface area contributed by atoms with Gasteiger partial charge in [0.2, 0.25) is 0 Å². The average molecular weight is 420 g/mol. The molecule has 0 amide bonds. The Hall–Kier alpha value is -2.89. The normalized spacial score (nSPS) is 10.5. The van der Waals surface area contributed by atoms with Crippen molar-refractivity contribution < 1.29 is 13.5 Å². The maximum atomic E-state index is 13.9. The maximum absolute atomic E-state index is 13.9. The summed E-state index contributed by atoms with van der Waals surface area (Å²) in [6.45, 7) is -0.265. The summed E-state index contributed by atoms with van der Waals surface area (Å²) in [5.74, 6) is -0.993. The number of hydrogen-bond donors (Lipinski definition) is 1. The van der Waals surface area contributed by atoms with Crippen molar-refractivity contribution in [3.05, 3.63) is 74.5 Å². The number of nitrogens with zero attached hydrogens (tertiary/aromatic N) is 2. The summed E-state index contributed by atoms with van der Waals surface area (Å²) in [7, 11) is 0. The minimum Gasteiger partial charge on any atom is -0.488 e. The van der Waals surface area contributed by atoms with Crippen LogP contribution in [0.1, 0.15) is 11.1 Å². The van der Waals surface area contributed by atoms with Gasteiger partial charge in [-0.1, -0.05) is 23.4 Å². The topological polar surface area (TPSA) is 78.8 Å². The lowest BCUT2D eigenvalue weighted by Gasteiger charge is -2.13. The first kappa shape index (κ1) is 19.9. The SMILES string of the molecule is CSc1nc(-c2cc(Cl)ccc2OCc2cc(F)ccc2F)c(C#N)c(=O)[nH]1. The molecule has 0 saturated heterocycles. The van der Waals surface area contributed by atoms with E-state index in [1.165, 1.54) is 30.0 Å². The molecule has 3 rings (SSSR count). The highest BCUT2D eigenvalue weighted by Crippen LogP contribution is 2.34. The predicted molar refractivity (Wildman–Crippen MR) is 102 cm³/mol. The van der Waals surface area contributed by atoms with E-state index in [1.807, 2.05) is 6.07 Å². The molecule has 0 aliphatic carbocycles. The lowest BCUT2D eigenvalue weighted by atomic mass is 10.1. The Morgan fingerprint density at radius 1 is 1.29 bits per heavy atom. The fourth-order valence-corrected chi connectivity index (χ4v) is 3.02. The van der Waals surface area contributed by atoms with Crippen molar-refractivity contribution in [3.8, 4) is 23.1 Å². The Kier molecular flexibility index (Phi) is 5.97. The lowest BCUT2D eigenvalue weighted by Crippen LogP contribution is -2.15. The molecule has 5 nitrogen and oxygen atoms in total. The molecule has 0 unspecified atom stereocenters. The Balaban J connectivity index is 2.08. The van der Waals surface area contributed by atoms with E-state index in [0.29, 0.717) is 15.7 Å². The second-order valence-corrected chi connectivity index (χ2v) is 6.81. The van der Waals surface area contributed by atoms with Crippen molar-refractivity contribution in [1.29, 1.82) is 5.26 Å². The van der Waals surface area contributed by atoms with Gasteiger partial charge in [0, 0.05) is 16.1 Å². The van der Waals surface area contributed by atoms with Crippen LogP contribution >= 0.6 is 23.4 Å². The number of H-pyrrole nitrogens is 1. The van der Waals surface area contributed by atoms with E-state index in [2.05, 4.69) is 9.97 Å². The standard InChI is InChI=1S/C19H12ClF2N3O2S/c1-28-19-24-17(14(8-23)18(26)25-19)13-7-11(20)2-5-16(13)27-9-10-6-12(21)3-4-15(10)22/h2-7H,9H2,1H3,(H,24,25,26). The first-order valence-electron chi connectivity index (χ1n) is 7.88. The third-order valence-corrected chi connectivity index (χ3v) is 4.61. The van der Waals surface area contributed by atoms with Crippen LogP contribution in [0.3, 0.4) is 0 Å². The predicted octanol–water partition coefficient (Wildman–Crippen LogP) is 4.54. The number of thioether (sulfide) groups is 1. The summed E-state index contributed by atoms with van der Waals surface area (Å²) in [5, 5.41) is 10.0. The summed E-state index contributed by atoms with van der Waals surface area (Å²) >= 11 is 7.27. The molecule has 9 heteroatoms. The Morgan fingerprint density at radius 3 is 2.79 bits per heavy atom. The lowest BCUT2D eigenvalue weighted by molar-refractivity contribution is 0.300. The van der Waals surface area contributed by atoms with Crippen molar-refractivity contribution >= 4 is 23.4 Å². The van der Waals surface area contributed by atoms with Crippen molar-refractivity contribution in [1.82, 2.24) is 9.97 Å². The molecule has 3 aromatic rings. The summed E-state index contributed by atoms with van der Waals surface area (Å²) in [5.41, 5.74) is -0.402. The Bertz CT molecular complexity index is 1140. The first-order chi connectivity index (χ1) is 13.4. The van der Waals surface area contributed by atoms with Gasteiger partial charge in [-0.05, 0) is 42.7 Å². The van der Waals surface area contributed by atoms with Crippen LogP contribution in [-0.4, -0.2) is 16.2 Å². The minimum atomic E-state index is -0.617. The van der Waals surface area contributed by atoms with Crippen LogP contribution < -0.4 is 10.3 Å². The van der Waals surface area contributed by atoms with Crippen LogP contribution in [0.2, 0.25) is 5.02 Å². The van der Waals surface area contributed by atoms with E-state index >= 15 is 0 Å². The molecule has 28 heavy (non-hydrogen) atoms. The third-order valence-electron chi connectivity index (χ3n) is 3.79. The van der Waals surface area contributed by atoms with E-state index in [9.17, 15) is 18.8 Å². The Morgan fingerprint density at radius 2 is 2.07 bits per heavy atom. The second kappa shape index (κ2) is 8.42. The molecule has 2 aromatic carbocycles. The zero-order valence-electron chi connectivity index (χ0n) is 14.4. The van der Waals surface area contributed by atoms with Crippen LogP contribution in [0.5, 0.6) is 5.75 Å². The van der Waals surface area contributed by atoms with Crippen molar-refractivity contribution in [3.63, 3.8) is 0 Å². The maximum Gasteiger partial charge on any atom is 0.270 e. The number of ether oxygens (including phenoxy) is 1. The van der Waals surface area contributed by atoms with Crippen molar-refractivity contribution in [2.24, 2.45) is 0 Å². The van der Waals surface area contributed by atoms with Gasteiger partial charge in [0.1, 0.15) is 41.3 Å². The van der Waals surface area contributed by atoms with Crippen molar-refractivity contribution in [2.45, 2.75) is 11.8 Å². The highest BCUT2D eigenvalue weighted by atomic mass is 35.5. The molecule has 0 bridgehead atoms. The fourth-order valence-electron chi connectivity index (χ4n) is 2.47. The molecule has 0 aliphatic heterocycles. The molecular weight excluding hydrogens is 408 g/mol. The molecule has 0 aliphatic rings. The van der Waals surface area contributed by atoms with Gasteiger partial charge in [-0.25, -0.2) is 13.8 Å². The van der Waals surface area contributed by atoms with E-state index in [0.717, 1.165) is 18.2 Å². The van der Waals surface area contributed by atoms with Crippen molar-refractivity contribution in [2.75, 3.05) is 6.26 Å². The van der Waals surface area contributed by atoms with Crippen LogP contribution in [0.15, 0.2) is 46.3 Å². The second-order valence-electron chi connectivity index (χ2n) is 5.58. The van der Waals surface area contributed by atoms with Crippen LogP contribution in [0.4, 0.5) is 8.78 Å². The van der Waals surface area contributed by atoms with Gasteiger partial charge in [0.15, 0.2) is 5.16 Å². The van der Waals surface area contributed by atoms with E-state index < -0.39 is 17.2 Å². The number of aromatic nitrogens is 2. The quantitative estimate of drug-likeness (QED) is 0.485. The summed E-state index contributed by atoms with van der Waals surface area (Å²) in [6.07, 6.45) is 1.72. The van der Waals surface area contributed by atoms with Gasteiger partial charge in [-0.15, -0.1) is 0 Å². The average Bonchev–Trinajstić information content (AvgIpc) is 2.68. The van der Waals surface area contributed by atoms with E-state index in [-0.39, 0.29) is 29.2 Å². The number of aromatic amines is 1. The molecule has 0 atom stereocenters. The van der Waals surface area contributed by atoms with Crippen LogP contribution in [0.25, 0.3) is 11.3 Å². The summed E-state index contributed by atoms with van der Waals surface area (Å²) in [6, 6.07) is 9.42. The number of nitrogens with one attached hydrogen (secondary N) is 1. The molecule has 0 saturated carbocycles. The molecule has 0 spiro atoms. The minimum absolute atomic E-state index is 0.0186. The van der Waals surface area contributed by atoms with Gasteiger partial charge in [-0.3, -0.25) is 4.79 Å². The molecular formula is C19H12ClF2N3O2S. The zero-order valence-corrected chi connectivity index (χ0v) is 16.0. The summed E-state index contributed by atoms with van der Waals surface area (Å²) in [4.78, 5) is 19.0. The molecule has 1 aromatic heterocycles. The number of nitriles is 1. The number of benzene rings is 2. The van der Waals surface area contributed by atoms with Crippen LogP contribution in [0, 0.1) is 23.0 Å². The smallest absolute Gasteiger partial charge is 0.270 e. The molecule has 1 N–H and O–H groups in total. The number of rotatable bonds is 5. The van der Waals surface area contributed by atoms with Gasteiger partial charge >= 0.3 is 0 Å². The first-order valence-corrected chi connectivity index (χ1v) is 9.48. The summed E-state index contributed by atoms with van der Waals surface area (Å²) < 4.78 is 32.9. The molecule has 142 valence electrons. The molecule has 0 radical (unpaired) electrons. The largest absolute Gasteiger partial charge is 0.488 e. The highest BCUT2D eigenvalue weighted by Gasteiger charge is 2.18. The fraction of sp³-hybridized carbons (Fsp3) is 0.105. The van der Waals surface area contributed by atoms with Crippen LogP contribution in [-0.2, 0) is 6.61 Å². The number of hydrogen-bond acceptors (Lipinski definition) is 5. The highest BCUT2D eigenvalue weighted by molar-refractivity contribution is 7.98. The zero-order chi connectivity index (χ0) is 20.3. The van der Waals surface area contributed by atoms with Gasteiger partial charge in [0.05, 0.1) is 0 Å². The van der Waals surface area contributed by atoms with E-state index in [1.54, 1.807) is 6.26 Å². The van der Waals surface area contributed by atoms with E-state index in [4.69, 9.17) is 16.3 Å². The van der Waals surface area contributed by atoms with Gasteiger partial charge in [-0.2, -0.15) is 5.26 Å². The van der Waals surface area contributed by atoms with Gasteiger partial charge in [0.25, 0.3) is 5.56 Å². The monoisotopic (exact) mass is 419 g/mol. The molecule has 0 fully saturated rings. The third kappa shape index (κ3) is 4.16. The Labute approximate surface area is 168 Å². The van der Waals surface area contributed by atoms with Gasteiger partial charge < -0.3 is 9.72 Å². The number of halogens is 3. The molecule has 1 heterocycles.